The average molecular weight is 399 g/mol. The Labute approximate surface area is 167 Å². The minimum Gasteiger partial charge on any atom is -0.369 e. The number of aryl methyl sites for hydroxylation is 2. The van der Waals surface area contributed by atoms with Gasteiger partial charge in [0.05, 0.1) is 11.5 Å². The molecule has 2 aromatic carbocycles. The zero-order chi connectivity index (χ0) is 19.2. The maximum absolute atomic E-state index is 11.2. The molecule has 0 spiro atoms. The van der Waals surface area contributed by atoms with Crippen molar-refractivity contribution in [1.29, 1.82) is 0 Å². The first-order valence-electron chi connectivity index (χ1n) is 8.58. The number of rotatable bonds is 8. The molecule has 140 valence electrons. The number of nitrogens with zero attached hydrogens (tertiary/aromatic N) is 3. The topological polar surface area (TPSA) is 73.8 Å². The molecule has 0 aliphatic carbocycles. The molecular weight excluding hydrogens is 376 g/mol. The van der Waals surface area contributed by atoms with Gasteiger partial charge >= 0.3 is 0 Å². The van der Waals surface area contributed by atoms with Gasteiger partial charge in [-0.3, -0.25) is 9.36 Å². The lowest BCUT2D eigenvalue weighted by atomic mass is 10.1. The highest BCUT2D eigenvalue weighted by Gasteiger charge is 2.16. The fraction of sp³-hybridized carbons (Fsp3) is 0.250. The predicted octanol–water partition coefficient (Wildman–Crippen LogP) is 3.89. The maximum atomic E-state index is 11.2. The van der Waals surface area contributed by atoms with Crippen molar-refractivity contribution < 1.29 is 4.79 Å². The Hall–Kier alpha value is -2.25. The summed E-state index contributed by atoms with van der Waals surface area (Å²) in [7, 11) is 0. The number of carbonyl (C=O) groups is 1. The number of primary amides is 1. The highest BCUT2D eigenvalue weighted by Crippen LogP contribution is 2.26. The molecule has 27 heavy (non-hydrogen) atoms. The molecule has 3 aromatic rings. The van der Waals surface area contributed by atoms with Crippen LogP contribution in [0.3, 0.4) is 0 Å². The number of benzene rings is 2. The Morgan fingerprint density at radius 1 is 1.04 bits per heavy atom. The van der Waals surface area contributed by atoms with E-state index in [2.05, 4.69) is 54.4 Å². The number of hydrogen-bond acceptors (Lipinski definition) is 5. The molecule has 0 unspecified atom stereocenters. The highest BCUT2D eigenvalue weighted by molar-refractivity contribution is 7.99. The average Bonchev–Trinajstić information content (AvgIpc) is 3.03. The number of carbonyl (C=O) groups excluding carboxylic acids is 1. The van der Waals surface area contributed by atoms with Gasteiger partial charge in [0.25, 0.3) is 0 Å². The SMILES string of the molecule is Cc1cc(C)cc(-n2c(CSCc3ccccc3)nnc2SCC(N)=O)c1. The number of amides is 1. The highest BCUT2D eigenvalue weighted by atomic mass is 32.2. The second-order valence-electron chi connectivity index (χ2n) is 6.31. The van der Waals surface area contributed by atoms with Crippen LogP contribution >= 0.6 is 23.5 Å². The largest absolute Gasteiger partial charge is 0.369 e. The van der Waals surface area contributed by atoms with Gasteiger partial charge in [0.15, 0.2) is 5.16 Å². The van der Waals surface area contributed by atoms with Gasteiger partial charge in [-0.1, -0.05) is 48.2 Å². The van der Waals surface area contributed by atoms with E-state index in [1.165, 1.54) is 28.5 Å². The van der Waals surface area contributed by atoms with E-state index in [0.29, 0.717) is 5.16 Å². The number of thioether (sulfide) groups is 2. The summed E-state index contributed by atoms with van der Waals surface area (Å²) in [6.45, 7) is 4.14. The zero-order valence-corrected chi connectivity index (χ0v) is 17.0. The Morgan fingerprint density at radius 3 is 2.41 bits per heavy atom. The van der Waals surface area contributed by atoms with Gasteiger partial charge in [0, 0.05) is 11.4 Å². The smallest absolute Gasteiger partial charge is 0.227 e. The molecule has 0 saturated carbocycles. The van der Waals surface area contributed by atoms with Gasteiger partial charge in [0.2, 0.25) is 5.91 Å². The molecule has 5 nitrogen and oxygen atoms in total. The lowest BCUT2D eigenvalue weighted by molar-refractivity contribution is -0.115. The van der Waals surface area contributed by atoms with Crippen molar-refractivity contribution in [3.05, 3.63) is 71.0 Å². The zero-order valence-electron chi connectivity index (χ0n) is 15.4. The molecule has 0 fully saturated rings. The van der Waals surface area contributed by atoms with Gasteiger partial charge in [-0.25, -0.2) is 0 Å². The molecule has 0 saturated heterocycles. The summed E-state index contributed by atoms with van der Waals surface area (Å²) in [5, 5.41) is 9.37. The van der Waals surface area contributed by atoms with Gasteiger partial charge in [-0.05, 0) is 42.7 Å². The van der Waals surface area contributed by atoms with Crippen molar-refractivity contribution >= 4 is 29.4 Å². The van der Waals surface area contributed by atoms with E-state index in [-0.39, 0.29) is 11.7 Å². The molecule has 1 aromatic heterocycles. The van der Waals surface area contributed by atoms with E-state index in [9.17, 15) is 4.79 Å². The first kappa shape index (κ1) is 19.5. The van der Waals surface area contributed by atoms with Crippen LogP contribution in [0.5, 0.6) is 0 Å². The molecule has 7 heteroatoms. The monoisotopic (exact) mass is 398 g/mol. The molecule has 0 aliphatic heterocycles. The second-order valence-corrected chi connectivity index (χ2v) is 8.24. The molecular formula is C20H22N4OS2. The van der Waals surface area contributed by atoms with Crippen molar-refractivity contribution in [2.24, 2.45) is 5.73 Å². The Balaban J connectivity index is 1.85. The van der Waals surface area contributed by atoms with Gasteiger partial charge in [-0.2, -0.15) is 0 Å². The summed E-state index contributed by atoms with van der Waals surface area (Å²) >= 11 is 3.11. The van der Waals surface area contributed by atoms with Crippen LogP contribution < -0.4 is 5.73 Å². The first-order valence-corrected chi connectivity index (χ1v) is 10.7. The lowest BCUT2D eigenvalue weighted by Crippen LogP contribution is -2.14. The van der Waals surface area contributed by atoms with Crippen LogP contribution in [0.15, 0.2) is 53.7 Å². The Bertz CT molecular complexity index is 905. The molecule has 3 rings (SSSR count). The molecule has 0 radical (unpaired) electrons. The van der Waals surface area contributed by atoms with Crippen LogP contribution in [-0.4, -0.2) is 26.4 Å². The van der Waals surface area contributed by atoms with E-state index in [1.807, 2.05) is 22.8 Å². The quantitative estimate of drug-likeness (QED) is 0.583. The molecule has 1 heterocycles. The molecule has 1 amide bonds. The Morgan fingerprint density at radius 2 is 1.74 bits per heavy atom. The van der Waals surface area contributed by atoms with E-state index >= 15 is 0 Å². The van der Waals surface area contributed by atoms with Crippen LogP contribution in [0.4, 0.5) is 0 Å². The fourth-order valence-electron chi connectivity index (χ4n) is 2.80. The molecule has 0 bridgehead atoms. The van der Waals surface area contributed by atoms with Crippen molar-refractivity contribution in [1.82, 2.24) is 14.8 Å². The standard InChI is InChI=1S/C20H22N4OS2/c1-14-8-15(2)10-17(9-14)24-19(22-23-20(24)27-12-18(21)25)13-26-11-16-6-4-3-5-7-16/h3-10H,11-13H2,1-2H3,(H2,21,25). The van der Waals surface area contributed by atoms with Crippen molar-refractivity contribution in [2.75, 3.05) is 5.75 Å². The van der Waals surface area contributed by atoms with E-state index in [4.69, 9.17) is 5.73 Å². The lowest BCUT2D eigenvalue weighted by Gasteiger charge is -2.12. The number of hydrogen-bond donors (Lipinski definition) is 1. The summed E-state index contributed by atoms with van der Waals surface area (Å²) in [6.07, 6.45) is 0. The fourth-order valence-corrected chi connectivity index (χ4v) is 4.41. The maximum Gasteiger partial charge on any atom is 0.227 e. The summed E-state index contributed by atoms with van der Waals surface area (Å²) in [6, 6.07) is 16.7. The minimum absolute atomic E-state index is 0.181. The third-order valence-electron chi connectivity index (χ3n) is 3.85. The molecule has 2 N–H and O–H groups in total. The first-order chi connectivity index (χ1) is 13.0. The van der Waals surface area contributed by atoms with Crippen LogP contribution in [0.2, 0.25) is 0 Å². The number of aromatic nitrogens is 3. The van der Waals surface area contributed by atoms with Crippen molar-refractivity contribution in [3.63, 3.8) is 0 Å². The van der Waals surface area contributed by atoms with Gasteiger partial charge < -0.3 is 5.73 Å². The van der Waals surface area contributed by atoms with E-state index < -0.39 is 0 Å². The van der Waals surface area contributed by atoms with Crippen LogP contribution in [0, 0.1) is 13.8 Å². The van der Waals surface area contributed by atoms with Crippen LogP contribution in [0.1, 0.15) is 22.5 Å². The summed E-state index contributed by atoms with van der Waals surface area (Å²) in [5.41, 5.74) is 9.95. The van der Waals surface area contributed by atoms with E-state index in [0.717, 1.165) is 23.0 Å². The summed E-state index contributed by atoms with van der Waals surface area (Å²) in [4.78, 5) is 11.2. The van der Waals surface area contributed by atoms with Crippen LogP contribution in [-0.2, 0) is 16.3 Å². The molecule has 0 atom stereocenters. The minimum atomic E-state index is -0.366. The van der Waals surface area contributed by atoms with Gasteiger partial charge in [-0.15, -0.1) is 22.0 Å². The van der Waals surface area contributed by atoms with Crippen LogP contribution in [0.25, 0.3) is 5.69 Å². The second kappa shape index (κ2) is 9.10. The van der Waals surface area contributed by atoms with Crippen molar-refractivity contribution in [2.45, 2.75) is 30.5 Å². The molecule has 0 aliphatic rings. The van der Waals surface area contributed by atoms with E-state index in [1.54, 1.807) is 11.8 Å². The third-order valence-corrected chi connectivity index (χ3v) is 5.80. The van der Waals surface area contributed by atoms with Crippen molar-refractivity contribution in [3.8, 4) is 5.69 Å². The predicted molar refractivity (Wildman–Crippen MR) is 112 cm³/mol. The number of nitrogens with two attached hydrogens (primary N) is 1. The Kier molecular flexibility index (Phi) is 6.58. The normalized spacial score (nSPS) is 10.9. The summed E-state index contributed by atoms with van der Waals surface area (Å²) < 4.78 is 2.03. The summed E-state index contributed by atoms with van der Waals surface area (Å²) in [5.74, 6) is 2.32. The third kappa shape index (κ3) is 5.37. The van der Waals surface area contributed by atoms with Gasteiger partial charge in [0.1, 0.15) is 5.82 Å².